The van der Waals surface area contributed by atoms with E-state index in [4.69, 9.17) is 0 Å². The minimum absolute atomic E-state index is 0.170. The lowest BCUT2D eigenvalue weighted by atomic mass is 9.94. The molecule has 1 nitrogen and oxygen atoms in total. The van der Waals surface area contributed by atoms with Crippen LogP contribution in [0.5, 0.6) is 0 Å². The molecule has 1 aromatic carbocycles. The fraction of sp³-hybridized carbons (Fsp3) is 0.462. The first-order valence-electron chi connectivity index (χ1n) is 5.24. The van der Waals surface area contributed by atoms with Crippen LogP contribution >= 0.6 is 0 Å². The lowest BCUT2D eigenvalue weighted by Gasteiger charge is -2.11. The molecule has 0 amide bonds. The van der Waals surface area contributed by atoms with Crippen LogP contribution in [0.15, 0.2) is 24.3 Å². The third-order valence-corrected chi connectivity index (χ3v) is 2.66. The molecule has 0 N–H and O–H groups in total. The summed E-state index contributed by atoms with van der Waals surface area (Å²) in [4.78, 5) is 11.3. The SMILES string of the molecule is CC[C@@H](C)Cc1ccccc1C(C)=O. The molecule has 1 atom stereocenters. The minimum atomic E-state index is 0.170. The Morgan fingerprint density at radius 1 is 1.36 bits per heavy atom. The second-order valence-corrected chi connectivity index (χ2v) is 3.93. The van der Waals surface area contributed by atoms with Gasteiger partial charge >= 0.3 is 0 Å². The molecule has 0 aliphatic heterocycles. The Kier molecular flexibility index (Phi) is 3.87. The van der Waals surface area contributed by atoms with Crippen molar-refractivity contribution in [3.63, 3.8) is 0 Å². The largest absolute Gasteiger partial charge is 0.295 e. The zero-order valence-corrected chi connectivity index (χ0v) is 9.21. The van der Waals surface area contributed by atoms with Gasteiger partial charge in [0.25, 0.3) is 0 Å². The molecule has 0 saturated carbocycles. The molecule has 0 saturated heterocycles. The van der Waals surface area contributed by atoms with E-state index in [2.05, 4.69) is 19.9 Å². The highest BCUT2D eigenvalue weighted by Crippen LogP contribution is 2.16. The first-order chi connectivity index (χ1) is 6.65. The van der Waals surface area contributed by atoms with Crippen LogP contribution in [0.4, 0.5) is 0 Å². The highest BCUT2D eigenvalue weighted by Gasteiger charge is 2.08. The molecule has 1 aromatic rings. The normalized spacial score (nSPS) is 12.5. The predicted octanol–water partition coefficient (Wildman–Crippen LogP) is 3.48. The van der Waals surface area contributed by atoms with Crippen molar-refractivity contribution >= 4 is 5.78 Å². The van der Waals surface area contributed by atoms with E-state index in [-0.39, 0.29) is 5.78 Å². The van der Waals surface area contributed by atoms with Crippen molar-refractivity contribution in [2.75, 3.05) is 0 Å². The van der Waals surface area contributed by atoms with Gasteiger partial charge in [0.15, 0.2) is 5.78 Å². The summed E-state index contributed by atoms with van der Waals surface area (Å²) < 4.78 is 0. The second-order valence-electron chi connectivity index (χ2n) is 3.93. The van der Waals surface area contributed by atoms with E-state index in [1.54, 1.807) is 6.92 Å². The molecular formula is C13H18O. The summed E-state index contributed by atoms with van der Waals surface area (Å²) in [5, 5.41) is 0. The Labute approximate surface area is 86.1 Å². The van der Waals surface area contributed by atoms with Crippen LogP contribution in [0.2, 0.25) is 0 Å². The quantitative estimate of drug-likeness (QED) is 0.664. The van der Waals surface area contributed by atoms with Gasteiger partial charge in [0.05, 0.1) is 0 Å². The standard InChI is InChI=1S/C13H18O/c1-4-10(2)9-12-7-5-6-8-13(12)11(3)14/h5-8,10H,4,9H2,1-3H3/t10-/m1/s1. The van der Waals surface area contributed by atoms with Crippen LogP contribution < -0.4 is 0 Å². The van der Waals surface area contributed by atoms with E-state index in [0.29, 0.717) is 5.92 Å². The van der Waals surface area contributed by atoms with Gasteiger partial charge in [-0.25, -0.2) is 0 Å². The van der Waals surface area contributed by atoms with Crippen molar-refractivity contribution in [3.05, 3.63) is 35.4 Å². The van der Waals surface area contributed by atoms with Gasteiger partial charge in [0.1, 0.15) is 0 Å². The Hall–Kier alpha value is -1.11. The summed E-state index contributed by atoms with van der Waals surface area (Å²) in [6.07, 6.45) is 2.17. The lowest BCUT2D eigenvalue weighted by molar-refractivity contribution is 0.101. The zero-order valence-electron chi connectivity index (χ0n) is 9.21. The number of ketones is 1. The summed E-state index contributed by atoms with van der Waals surface area (Å²) in [6, 6.07) is 7.91. The summed E-state index contributed by atoms with van der Waals surface area (Å²) in [5.41, 5.74) is 2.07. The first kappa shape index (κ1) is 11.0. The Morgan fingerprint density at radius 2 is 2.00 bits per heavy atom. The van der Waals surface area contributed by atoms with Crippen molar-refractivity contribution in [1.29, 1.82) is 0 Å². The number of carbonyl (C=O) groups is 1. The van der Waals surface area contributed by atoms with E-state index in [1.807, 2.05) is 18.2 Å². The molecule has 0 aliphatic rings. The van der Waals surface area contributed by atoms with Gasteiger partial charge in [0.2, 0.25) is 0 Å². The zero-order chi connectivity index (χ0) is 10.6. The molecule has 0 radical (unpaired) electrons. The van der Waals surface area contributed by atoms with Crippen molar-refractivity contribution in [1.82, 2.24) is 0 Å². The molecule has 14 heavy (non-hydrogen) atoms. The van der Waals surface area contributed by atoms with Gasteiger partial charge in [-0.2, -0.15) is 0 Å². The number of Topliss-reactive ketones (excluding diaryl/α,β-unsaturated/α-hetero) is 1. The van der Waals surface area contributed by atoms with Crippen LogP contribution in [0.1, 0.15) is 43.1 Å². The van der Waals surface area contributed by atoms with Gasteiger partial charge in [-0.15, -0.1) is 0 Å². The molecule has 1 heteroatoms. The van der Waals surface area contributed by atoms with Crippen molar-refractivity contribution in [3.8, 4) is 0 Å². The van der Waals surface area contributed by atoms with E-state index < -0.39 is 0 Å². The van der Waals surface area contributed by atoms with Crippen LogP contribution in [0, 0.1) is 5.92 Å². The van der Waals surface area contributed by atoms with E-state index in [0.717, 1.165) is 18.4 Å². The van der Waals surface area contributed by atoms with Gasteiger partial charge in [-0.05, 0) is 24.8 Å². The molecule has 0 heterocycles. The van der Waals surface area contributed by atoms with Crippen molar-refractivity contribution in [2.45, 2.75) is 33.6 Å². The van der Waals surface area contributed by atoms with Crippen LogP contribution in [0.25, 0.3) is 0 Å². The fourth-order valence-corrected chi connectivity index (χ4v) is 1.56. The highest BCUT2D eigenvalue weighted by atomic mass is 16.1. The predicted molar refractivity (Wildman–Crippen MR) is 59.6 cm³/mol. The minimum Gasteiger partial charge on any atom is -0.295 e. The summed E-state index contributed by atoms with van der Waals surface area (Å²) in [7, 11) is 0. The van der Waals surface area contributed by atoms with Gasteiger partial charge < -0.3 is 0 Å². The average Bonchev–Trinajstić information content (AvgIpc) is 2.18. The van der Waals surface area contributed by atoms with Gasteiger partial charge in [-0.3, -0.25) is 4.79 Å². The Balaban J connectivity index is 2.90. The topological polar surface area (TPSA) is 17.1 Å². The molecule has 0 fully saturated rings. The van der Waals surface area contributed by atoms with Crippen molar-refractivity contribution < 1.29 is 4.79 Å². The van der Waals surface area contributed by atoms with Gasteiger partial charge in [0, 0.05) is 5.56 Å². The molecular weight excluding hydrogens is 172 g/mol. The maximum absolute atomic E-state index is 11.3. The third kappa shape index (κ3) is 2.69. The molecule has 1 rings (SSSR count). The molecule has 0 bridgehead atoms. The molecule has 0 spiro atoms. The Bertz CT molecular complexity index is 315. The smallest absolute Gasteiger partial charge is 0.160 e. The average molecular weight is 190 g/mol. The first-order valence-corrected chi connectivity index (χ1v) is 5.24. The van der Waals surface area contributed by atoms with E-state index >= 15 is 0 Å². The Morgan fingerprint density at radius 3 is 2.57 bits per heavy atom. The summed E-state index contributed by atoms with van der Waals surface area (Å²) >= 11 is 0. The number of rotatable bonds is 4. The second kappa shape index (κ2) is 4.94. The van der Waals surface area contributed by atoms with E-state index in [9.17, 15) is 4.79 Å². The van der Waals surface area contributed by atoms with Crippen LogP contribution in [-0.2, 0) is 6.42 Å². The fourth-order valence-electron chi connectivity index (χ4n) is 1.56. The number of benzene rings is 1. The number of hydrogen-bond donors (Lipinski definition) is 0. The van der Waals surface area contributed by atoms with Crippen LogP contribution in [0.3, 0.4) is 0 Å². The maximum Gasteiger partial charge on any atom is 0.160 e. The third-order valence-electron chi connectivity index (χ3n) is 2.66. The number of carbonyl (C=O) groups excluding carboxylic acids is 1. The highest BCUT2D eigenvalue weighted by molar-refractivity contribution is 5.95. The van der Waals surface area contributed by atoms with Crippen molar-refractivity contribution in [2.24, 2.45) is 5.92 Å². The summed E-state index contributed by atoms with van der Waals surface area (Å²) in [6.45, 7) is 6.04. The monoisotopic (exact) mass is 190 g/mol. The molecule has 76 valence electrons. The molecule has 0 aromatic heterocycles. The lowest BCUT2D eigenvalue weighted by Crippen LogP contribution is -2.04. The maximum atomic E-state index is 11.3. The molecule has 0 aliphatic carbocycles. The van der Waals surface area contributed by atoms with Crippen LogP contribution in [-0.4, -0.2) is 5.78 Å². The molecule has 0 unspecified atom stereocenters. The van der Waals surface area contributed by atoms with E-state index in [1.165, 1.54) is 5.56 Å². The number of hydrogen-bond acceptors (Lipinski definition) is 1. The van der Waals surface area contributed by atoms with Gasteiger partial charge in [-0.1, -0.05) is 44.5 Å². The summed E-state index contributed by atoms with van der Waals surface area (Å²) in [5.74, 6) is 0.819.